The third kappa shape index (κ3) is 4.49. The van der Waals surface area contributed by atoms with Gasteiger partial charge in [0.05, 0.1) is 0 Å². The lowest BCUT2D eigenvalue weighted by Crippen LogP contribution is -2.60. The number of alkyl halides is 3. The summed E-state index contributed by atoms with van der Waals surface area (Å²) in [6.45, 7) is 3.80. The monoisotopic (exact) mass is 506 g/mol. The van der Waals surface area contributed by atoms with Gasteiger partial charge in [0.25, 0.3) is 11.5 Å². The summed E-state index contributed by atoms with van der Waals surface area (Å²) in [7, 11) is 0.907. The Morgan fingerprint density at radius 3 is 2.17 bits per heavy atom. The Morgan fingerprint density at radius 2 is 1.64 bits per heavy atom. The number of aryl methyl sites for hydroxylation is 2. The molecule has 2 atom stereocenters. The minimum Gasteiger partial charge on any atom is -0.356 e. The molecule has 2 aliphatic rings. The topological polar surface area (TPSA) is 58.6 Å². The maximum absolute atomic E-state index is 14.6. The third-order valence-electron chi connectivity index (χ3n) is 7.71. The van der Waals surface area contributed by atoms with Crippen LogP contribution < -0.4 is 5.32 Å². The van der Waals surface area contributed by atoms with E-state index in [1.165, 1.54) is 29.2 Å². The molecule has 0 bridgehead atoms. The molecular formula is C27H30F4N2O3. The van der Waals surface area contributed by atoms with E-state index in [4.69, 9.17) is 4.74 Å². The predicted molar refractivity (Wildman–Crippen MR) is 126 cm³/mol. The van der Waals surface area contributed by atoms with Gasteiger partial charge in [-0.2, -0.15) is 13.2 Å². The van der Waals surface area contributed by atoms with Crippen LogP contribution in [-0.4, -0.2) is 49.6 Å². The molecule has 0 aromatic heterocycles. The number of nitrogens with one attached hydrogen (secondary N) is 1. The first-order chi connectivity index (χ1) is 16.9. The largest absolute Gasteiger partial charge is 0.430 e. The number of hydrogen-bond acceptors (Lipinski definition) is 3. The number of halogens is 4. The van der Waals surface area contributed by atoms with E-state index in [1.54, 1.807) is 32.0 Å². The van der Waals surface area contributed by atoms with Gasteiger partial charge in [0.15, 0.2) is 0 Å². The lowest BCUT2D eigenvalue weighted by Gasteiger charge is -2.50. The van der Waals surface area contributed by atoms with Crippen molar-refractivity contribution in [1.29, 1.82) is 0 Å². The van der Waals surface area contributed by atoms with Gasteiger partial charge in [-0.15, -0.1) is 0 Å². The van der Waals surface area contributed by atoms with E-state index in [2.05, 4.69) is 5.32 Å². The van der Waals surface area contributed by atoms with E-state index in [-0.39, 0.29) is 42.7 Å². The summed E-state index contributed by atoms with van der Waals surface area (Å²) < 4.78 is 62.3. The molecule has 2 aromatic carbocycles. The highest BCUT2D eigenvalue weighted by Gasteiger charge is 2.64. The second kappa shape index (κ2) is 9.50. The molecule has 2 saturated heterocycles. The zero-order valence-corrected chi connectivity index (χ0v) is 20.5. The quantitative estimate of drug-likeness (QED) is 0.609. The number of nitrogens with zero attached hydrogens (tertiary/aromatic N) is 1. The molecule has 5 nitrogen and oxygen atoms in total. The van der Waals surface area contributed by atoms with Crippen LogP contribution in [0.4, 0.5) is 17.6 Å². The molecule has 36 heavy (non-hydrogen) atoms. The van der Waals surface area contributed by atoms with Crippen LogP contribution in [-0.2, 0) is 19.9 Å². The molecule has 9 heteroatoms. The van der Waals surface area contributed by atoms with Gasteiger partial charge in [-0.3, -0.25) is 9.59 Å². The van der Waals surface area contributed by atoms with Gasteiger partial charge in [-0.25, -0.2) is 4.39 Å². The highest BCUT2D eigenvalue weighted by molar-refractivity contribution is 5.88. The van der Waals surface area contributed by atoms with Crippen LogP contribution in [0.15, 0.2) is 42.5 Å². The molecule has 2 aromatic rings. The van der Waals surface area contributed by atoms with E-state index in [0.29, 0.717) is 30.5 Å². The van der Waals surface area contributed by atoms with Gasteiger partial charge < -0.3 is 15.0 Å². The number of methoxy groups -OCH3 is 1. The standard InChI is InChI=1S/C27H30F4N2O3/c1-17-12-18(2)14-20(13-17)26(36-3,27(29,30)31)24(35)33-10-8-25(9-11-33)15-23(34)32-16-22(25)19-4-6-21(28)7-5-19/h4-7,12-14,22H,8-11,15-16H2,1-3H3,(H,32,34)/t22-,26+/m0/s1. The minimum atomic E-state index is -4.99. The molecule has 0 radical (unpaired) electrons. The number of hydrogen-bond donors (Lipinski definition) is 1. The van der Waals surface area contributed by atoms with Crippen LogP contribution in [0, 0.1) is 25.1 Å². The molecule has 0 saturated carbocycles. The number of carbonyl (C=O) groups excluding carboxylic acids is 2. The fourth-order valence-electron chi connectivity index (χ4n) is 5.91. The Kier molecular flexibility index (Phi) is 6.90. The summed E-state index contributed by atoms with van der Waals surface area (Å²) >= 11 is 0. The molecular weight excluding hydrogens is 476 g/mol. The van der Waals surface area contributed by atoms with Crippen molar-refractivity contribution >= 4 is 11.8 Å². The molecule has 194 valence electrons. The van der Waals surface area contributed by atoms with Gasteiger partial charge >= 0.3 is 6.18 Å². The van der Waals surface area contributed by atoms with E-state index >= 15 is 0 Å². The van der Waals surface area contributed by atoms with Crippen molar-refractivity contribution in [2.24, 2.45) is 5.41 Å². The molecule has 1 spiro atoms. The van der Waals surface area contributed by atoms with Gasteiger partial charge in [0, 0.05) is 44.6 Å². The second-order valence-electron chi connectivity index (χ2n) is 10.00. The molecule has 0 unspecified atom stereocenters. The Morgan fingerprint density at radius 1 is 1.06 bits per heavy atom. The van der Waals surface area contributed by atoms with Crippen molar-refractivity contribution in [3.63, 3.8) is 0 Å². The van der Waals surface area contributed by atoms with Crippen LogP contribution in [0.5, 0.6) is 0 Å². The predicted octanol–water partition coefficient (Wildman–Crippen LogP) is 4.76. The Bertz CT molecular complexity index is 1120. The molecule has 2 aliphatic heterocycles. The number of likely N-dealkylation sites (tertiary alicyclic amines) is 1. The third-order valence-corrected chi connectivity index (χ3v) is 7.71. The number of amides is 2. The number of rotatable bonds is 4. The van der Waals surface area contributed by atoms with Crippen LogP contribution >= 0.6 is 0 Å². The van der Waals surface area contributed by atoms with Crippen LogP contribution in [0.1, 0.15) is 47.4 Å². The number of benzene rings is 2. The van der Waals surface area contributed by atoms with Crippen molar-refractivity contribution in [3.05, 3.63) is 70.5 Å². The van der Waals surface area contributed by atoms with E-state index in [9.17, 15) is 27.2 Å². The van der Waals surface area contributed by atoms with E-state index < -0.39 is 23.1 Å². The first kappa shape index (κ1) is 26.1. The molecule has 2 fully saturated rings. The minimum absolute atomic E-state index is 0.0514. The van der Waals surface area contributed by atoms with Crippen molar-refractivity contribution in [1.82, 2.24) is 10.2 Å². The Hall–Kier alpha value is -2.94. The molecule has 4 rings (SSSR count). The second-order valence-corrected chi connectivity index (χ2v) is 10.00. The summed E-state index contributed by atoms with van der Waals surface area (Å²) in [5.74, 6) is -1.80. The van der Waals surface area contributed by atoms with E-state index in [0.717, 1.165) is 12.7 Å². The zero-order chi connectivity index (χ0) is 26.3. The number of carbonyl (C=O) groups is 2. The summed E-state index contributed by atoms with van der Waals surface area (Å²) in [5.41, 5.74) is -1.87. The van der Waals surface area contributed by atoms with Gasteiger partial charge in [-0.1, -0.05) is 41.5 Å². The van der Waals surface area contributed by atoms with Gasteiger partial charge in [-0.05, 0) is 49.8 Å². The smallest absolute Gasteiger partial charge is 0.356 e. The highest BCUT2D eigenvalue weighted by atomic mass is 19.4. The fourth-order valence-corrected chi connectivity index (χ4v) is 5.91. The first-order valence-electron chi connectivity index (χ1n) is 11.9. The SMILES string of the molecule is CO[C@@](C(=O)N1CCC2(CC1)CC(=O)NC[C@H]2c1ccc(F)cc1)(c1cc(C)cc(C)c1)C(F)(F)F. The normalized spacial score (nSPS) is 21.7. The summed E-state index contributed by atoms with van der Waals surface area (Å²) in [5, 5.41) is 2.85. The van der Waals surface area contributed by atoms with Crippen LogP contribution in [0.25, 0.3) is 0 Å². The van der Waals surface area contributed by atoms with E-state index in [1.807, 2.05) is 0 Å². The van der Waals surface area contributed by atoms with Crippen LogP contribution in [0.2, 0.25) is 0 Å². The molecule has 2 amide bonds. The Balaban J connectivity index is 1.64. The highest BCUT2D eigenvalue weighted by Crippen LogP contribution is 2.50. The van der Waals surface area contributed by atoms with Crippen molar-refractivity contribution < 1.29 is 31.9 Å². The maximum atomic E-state index is 14.6. The van der Waals surface area contributed by atoms with Crippen LogP contribution in [0.3, 0.4) is 0 Å². The summed E-state index contributed by atoms with van der Waals surface area (Å²) in [6.07, 6.45) is -4.10. The van der Waals surface area contributed by atoms with Crippen molar-refractivity contribution in [2.75, 3.05) is 26.7 Å². The molecule has 1 N–H and O–H groups in total. The first-order valence-corrected chi connectivity index (χ1v) is 11.9. The zero-order valence-electron chi connectivity index (χ0n) is 20.5. The average molecular weight is 507 g/mol. The van der Waals surface area contributed by atoms with Crippen molar-refractivity contribution in [3.8, 4) is 0 Å². The summed E-state index contributed by atoms with van der Waals surface area (Å²) in [6, 6.07) is 10.5. The number of piperidine rings is 2. The molecule has 2 heterocycles. The van der Waals surface area contributed by atoms with Gasteiger partial charge in [0.2, 0.25) is 5.91 Å². The number of ether oxygens (including phenoxy) is 1. The Labute approximate surface area is 207 Å². The fraction of sp³-hybridized carbons (Fsp3) is 0.481. The maximum Gasteiger partial charge on any atom is 0.430 e. The lowest BCUT2D eigenvalue weighted by atomic mass is 9.62. The lowest BCUT2D eigenvalue weighted by molar-refractivity contribution is -0.271. The summed E-state index contributed by atoms with van der Waals surface area (Å²) in [4.78, 5) is 27.2. The van der Waals surface area contributed by atoms with Gasteiger partial charge in [0.1, 0.15) is 5.82 Å². The molecule has 0 aliphatic carbocycles. The van der Waals surface area contributed by atoms with Crippen molar-refractivity contribution in [2.45, 2.75) is 50.8 Å². The average Bonchev–Trinajstić information content (AvgIpc) is 2.80.